The van der Waals surface area contributed by atoms with Crippen molar-refractivity contribution in [2.45, 2.75) is 12.6 Å². The molecule has 0 aliphatic carbocycles. The van der Waals surface area contributed by atoms with Gasteiger partial charge in [-0.3, -0.25) is 9.48 Å². The lowest BCUT2D eigenvalue weighted by Gasteiger charge is -2.30. The van der Waals surface area contributed by atoms with E-state index < -0.39 is 12.1 Å². The maximum atomic E-state index is 13.1. The summed E-state index contributed by atoms with van der Waals surface area (Å²) in [6, 6.07) is 18.9. The molecule has 1 fully saturated rings. The van der Waals surface area contributed by atoms with E-state index in [1.165, 1.54) is 6.20 Å². The highest BCUT2D eigenvalue weighted by molar-refractivity contribution is 5.92. The Morgan fingerprint density at radius 3 is 2.37 bits per heavy atom. The minimum absolute atomic E-state index is 0.241. The van der Waals surface area contributed by atoms with Gasteiger partial charge in [-0.05, 0) is 5.56 Å². The number of esters is 1. The molecule has 154 valence electrons. The first-order valence-electron chi connectivity index (χ1n) is 9.89. The molecule has 0 N–H and O–H groups in total. The average molecular weight is 405 g/mol. The number of hydrogen-bond acceptors (Lipinski definition) is 5. The second-order valence-electron chi connectivity index (χ2n) is 7.05. The van der Waals surface area contributed by atoms with Crippen molar-refractivity contribution in [3.05, 3.63) is 89.7 Å². The second-order valence-corrected chi connectivity index (χ2v) is 7.05. The zero-order chi connectivity index (χ0) is 20.8. The summed E-state index contributed by atoms with van der Waals surface area (Å²) in [7, 11) is 0. The fourth-order valence-electron chi connectivity index (χ4n) is 3.34. The molecule has 0 bridgehead atoms. The Morgan fingerprint density at radius 1 is 1.00 bits per heavy atom. The first-order chi connectivity index (χ1) is 14.7. The van der Waals surface area contributed by atoms with E-state index in [1.54, 1.807) is 27.9 Å². The molecule has 1 aliphatic heterocycles. The van der Waals surface area contributed by atoms with Gasteiger partial charge in [0.2, 0.25) is 6.10 Å². The molecule has 2 heterocycles. The van der Waals surface area contributed by atoms with Gasteiger partial charge in [-0.15, -0.1) is 0 Å². The van der Waals surface area contributed by atoms with E-state index in [0.717, 1.165) is 5.56 Å². The number of rotatable bonds is 6. The van der Waals surface area contributed by atoms with Gasteiger partial charge in [0, 0.05) is 24.8 Å². The Bertz CT molecular complexity index is 982. The average Bonchev–Trinajstić information content (AvgIpc) is 3.27. The van der Waals surface area contributed by atoms with Crippen molar-refractivity contribution < 1.29 is 19.1 Å². The first-order valence-corrected chi connectivity index (χ1v) is 9.89. The number of carbonyl (C=O) groups is 2. The molecule has 7 heteroatoms. The van der Waals surface area contributed by atoms with Crippen molar-refractivity contribution in [1.82, 2.24) is 14.7 Å². The molecule has 7 nitrogen and oxygen atoms in total. The van der Waals surface area contributed by atoms with Crippen LogP contribution in [0.25, 0.3) is 0 Å². The number of carbonyl (C=O) groups excluding carboxylic acids is 2. The summed E-state index contributed by atoms with van der Waals surface area (Å²) >= 11 is 0. The summed E-state index contributed by atoms with van der Waals surface area (Å²) in [6.07, 6.45) is 2.10. The third kappa shape index (κ3) is 4.75. The molecular weight excluding hydrogens is 382 g/mol. The minimum atomic E-state index is -1.01. The predicted octanol–water partition coefficient (Wildman–Crippen LogP) is 2.69. The van der Waals surface area contributed by atoms with Crippen molar-refractivity contribution in [3.8, 4) is 0 Å². The topological polar surface area (TPSA) is 73.7 Å². The third-order valence-corrected chi connectivity index (χ3v) is 4.93. The number of amides is 1. The standard InChI is InChI=1S/C23H23N3O4/c27-22(25-11-13-29-14-12-25)21(19-9-5-2-6-10-19)30-23(28)20-15-24-26(17-20)16-18-7-3-1-4-8-18/h1-10,15,17,21H,11-14,16H2/t21-/m1/s1. The molecule has 3 aromatic rings. The van der Waals surface area contributed by atoms with Gasteiger partial charge in [-0.1, -0.05) is 60.7 Å². The number of morpholine rings is 1. The smallest absolute Gasteiger partial charge is 0.342 e. The predicted molar refractivity (Wildman–Crippen MR) is 110 cm³/mol. The summed E-state index contributed by atoms with van der Waals surface area (Å²) in [6.45, 7) is 2.47. The van der Waals surface area contributed by atoms with E-state index in [0.29, 0.717) is 44.0 Å². The Hall–Kier alpha value is -3.45. The maximum Gasteiger partial charge on any atom is 0.342 e. The Morgan fingerprint density at radius 2 is 1.67 bits per heavy atom. The van der Waals surface area contributed by atoms with Crippen LogP contribution >= 0.6 is 0 Å². The van der Waals surface area contributed by atoms with Crippen LogP contribution in [0.2, 0.25) is 0 Å². The fraction of sp³-hybridized carbons (Fsp3) is 0.261. The van der Waals surface area contributed by atoms with E-state index >= 15 is 0 Å². The summed E-state index contributed by atoms with van der Waals surface area (Å²) < 4.78 is 12.7. The summed E-state index contributed by atoms with van der Waals surface area (Å²) in [5.41, 5.74) is 2.02. The van der Waals surface area contributed by atoms with E-state index in [4.69, 9.17) is 9.47 Å². The highest BCUT2D eigenvalue weighted by Gasteiger charge is 2.31. The maximum absolute atomic E-state index is 13.1. The van der Waals surface area contributed by atoms with Crippen molar-refractivity contribution in [2.24, 2.45) is 0 Å². The summed E-state index contributed by atoms with van der Waals surface area (Å²) in [5, 5.41) is 4.25. The van der Waals surface area contributed by atoms with Crippen molar-refractivity contribution >= 4 is 11.9 Å². The number of nitrogens with zero attached hydrogens (tertiary/aromatic N) is 3. The van der Waals surface area contributed by atoms with Gasteiger partial charge in [0.1, 0.15) is 0 Å². The van der Waals surface area contributed by atoms with Crippen LogP contribution in [-0.2, 0) is 20.8 Å². The molecule has 4 rings (SSSR count). The SMILES string of the molecule is O=C(O[C@@H](C(=O)N1CCOCC1)c1ccccc1)c1cnn(Cc2ccccc2)c1. The molecule has 0 unspecified atom stereocenters. The van der Waals surface area contributed by atoms with Crippen LogP contribution in [0.15, 0.2) is 73.1 Å². The molecular formula is C23H23N3O4. The number of ether oxygens (including phenoxy) is 2. The van der Waals surface area contributed by atoms with Crippen molar-refractivity contribution in [1.29, 1.82) is 0 Å². The zero-order valence-electron chi connectivity index (χ0n) is 16.5. The molecule has 30 heavy (non-hydrogen) atoms. The van der Waals surface area contributed by atoms with Gasteiger partial charge in [-0.2, -0.15) is 5.10 Å². The van der Waals surface area contributed by atoms with E-state index in [2.05, 4.69) is 5.10 Å². The van der Waals surface area contributed by atoms with Crippen LogP contribution in [0.4, 0.5) is 0 Å². The normalized spacial score (nSPS) is 14.9. The van der Waals surface area contributed by atoms with Crippen molar-refractivity contribution in [3.63, 3.8) is 0 Å². The number of benzene rings is 2. The number of hydrogen-bond donors (Lipinski definition) is 0. The Labute approximate surface area is 174 Å². The van der Waals surface area contributed by atoms with Crippen LogP contribution in [0.1, 0.15) is 27.6 Å². The first kappa shape index (κ1) is 19.8. The van der Waals surface area contributed by atoms with Gasteiger partial charge in [0.15, 0.2) is 0 Å². The van der Waals surface area contributed by atoms with Crippen molar-refractivity contribution in [2.75, 3.05) is 26.3 Å². The lowest BCUT2D eigenvalue weighted by Crippen LogP contribution is -2.44. The quantitative estimate of drug-likeness (QED) is 0.590. The highest BCUT2D eigenvalue weighted by atomic mass is 16.5. The largest absolute Gasteiger partial charge is 0.444 e. The van der Waals surface area contributed by atoms with Crippen LogP contribution in [-0.4, -0.2) is 52.9 Å². The Kier molecular flexibility index (Phi) is 6.20. The zero-order valence-corrected chi connectivity index (χ0v) is 16.5. The second kappa shape index (κ2) is 9.37. The fourth-order valence-corrected chi connectivity index (χ4v) is 3.34. The van der Waals surface area contributed by atoms with Crippen LogP contribution in [0.5, 0.6) is 0 Å². The molecule has 0 spiro atoms. The third-order valence-electron chi connectivity index (χ3n) is 4.93. The van der Waals surface area contributed by atoms with Gasteiger partial charge in [-0.25, -0.2) is 4.79 Å². The molecule has 1 amide bonds. The lowest BCUT2D eigenvalue weighted by atomic mass is 10.1. The van der Waals surface area contributed by atoms with Gasteiger partial charge >= 0.3 is 5.97 Å². The van der Waals surface area contributed by atoms with Crippen LogP contribution < -0.4 is 0 Å². The van der Waals surface area contributed by atoms with Gasteiger partial charge in [0.05, 0.1) is 31.5 Å². The number of aromatic nitrogens is 2. The van der Waals surface area contributed by atoms with Gasteiger partial charge in [0.25, 0.3) is 5.91 Å². The summed E-state index contributed by atoms with van der Waals surface area (Å²) in [4.78, 5) is 27.6. The molecule has 0 radical (unpaired) electrons. The monoisotopic (exact) mass is 405 g/mol. The van der Waals surface area contributed by atoms with Crippen LogP contribution in [0, 0.1) is 0 Å². The Balaban J connectivity index is 1.50. The van der Waals surface area contributed by atoms with Gasteiger partial charge < -0.3 is 14.4 Å². The minimum Gasteiger partial charge on any atom is -0.444 e. The summed E-state index contributed by atoms with van der Waals surface area (Å²) in [5.74, 6) is -0.820. The molecule has 1 aromatic heterocycles. The lowest BCUT2D eigenvalue weighted by molar-refractivity contribution is -0.145. The molecule has 2 aromatic carbocycles. The molecule has 1 aliphatic rings. The molecule has 0 saturated carbocycles. The molecule has 1 atom stereocenters. The molecule has 1 saturated heterocycles. The van der Waals surface area contributed by atoms with E-state index in [-0.39, 0.29) is 5.91 Å². The van der Waals surface area contributed by atoms with Crippen LogP contribution in [0.3, 0.4) is 0 Å². The van der Waals surface area contributed by atoms with E-state index in [1.807, 2.05) is 48.5 Å². The highest BCUT2D eigenvalue weighted by Crippen LogP contribution is 2.22. The van der Waals surface area contributed by atoms with E-state index in [9.17, 15) is 9.59 Å².